The van der Waals surface area contributed by atoms with E-state index in [4.69, 9.17) is 4.46 Å². The fourth-order valence-electron chi connectivity index (χ4n) is 0.0378. The average molecular weight is 122 g/mol. The van der Waals surface area contributed by atoms with Gasteiger partial charge in [-0.2, -0.15) is 0 Å². The van der Waals surface area contributed by atoms with E-state index in [2.05, 4.69) is 3.48 Å². The zero-order valence-corrected chi connectivity index (χ0v) is 4.83. The fourth-order valence-corrected chi connectivity index (χ4v) is 0.340. The first-order valence-electron chi connectivity index (χ1n) is 1.07. The van der Waals surface area contributed by atoms with Gasteiger partial charge in [-0.05, 0) is 0 Å². The molecule has 0 fully saturated rings. The molecule has 0 unspecified atom stereocenters. The normalized spacial score (nSPS) is 6.17. The SMILES string of the molecule is [O]=[Al][O][Si](=O)F. The molecule has 0 aliphatic heterocycles. The molecule has 0 saturated carbocycles. The Hall–Kier alpha value is 0.0794. The molecule has 3 nitrogen and oxygen atoms in total. The molecule has 0 aliphatic rings. The maximum absolute atomic E-state index is 10.8. The standard InChI is InChI=1S/Al.FO2Si.O/c;1-4(2)3;/q+1;-1;. The van der Waals surface area contributed by atoms with E-state index in [0.717, 1.165) is 0 Å². The number of hydrogen-bond donors (Lipinski definition) is 0. The number of rotatable bonds is 2. The monoisotopic (exact) mass is 122 g/mol. The van der Waals surface area contributed by atoms with Crippen LogP contribution in [0, 0.1) is 0 Å². The molecule has 0 amide bonds. The van der Waals surface area contributed by atoms with Crippen LogP contribution in [0.25, 0.3) is 0 Å². The Bertz CT molecular complexity index is 71.2. The molecular weight excluding hydrogens is 122 g/mol. The van der Waals surface area contributed by atoms with Crippen LogP contribution in [0.2, 0.25) is 0 Å². The fraction of sp³-hybridized carbons (Fsp3) is 0. The summed E-state index contributed by atoms with van der Waals surface area (Å²) in [6.07, 6.45) is 0. The predicted molar refractivity (Wildman–Crippen MR) is 15.1 cm³/mol. The molecule has 0 aromatic rings. The van der Waals surface area contributed by atoms with Gasteiger partial charge in [-0.3, -0.25) is 0 Å². The Labute approximate surface area is 41.3 Å². The van der Waals surface area contributed by atoms with Crippen molar-refractivity contribution in [2.24, 2.45) is 0 Å². The first-order valence-corrected chi connectivity index (χ1v) is 3.21. The van der Waals surface area contributed by atoms with Crippen molar-refractivity contribution in [3.05, 3.63) is 0 Å². The molecule has 0 radical (unpaired) electrons. The summed E-state index contributed by atoms with van der Waals surface area (Å²) in [5.74, 6) is 0. The van der Waals surface area contributed by atoms with Gasteiger partial charge < -0.3 is 0 Å². The second kappa shape index (κ2) is 3.28. The Balaban J connectivity index is 3.05. The summed E-state index contributed by atoms with van der Waals surface area (Å²) >= 11 is -1.64. The second-order valence-electron chi connectivity index (χ2n) is 0.452. The third kappa shape index (κ3) is 4.08. The van der Waals surface area contributed by atoms with Gasteiger partial charge in [-0.25, -0.2) is 0 Å². The summed E-state index contributed by atoms with van der Waals surface area (Å²) in [5, 5.41) is 0. The molecule has 0 heterocycles. The molecule has 32 valence electrons. The van der Waals surface area contributed by atoms with Crippen LogP contribution >= 0.6 is 0 Å². The van der Waals surface area contributed by atoms with Crippen LogP contribution in [0.1, 0.15) is 0 Å². The predicted octanol–water partition coefficient (Wildman–Crippen LogP) is -0.647. The van der Waals surface area contributed by atoms with E-state index < -0.39 is 24.7 Å². The molecule has 0 rings (SSSR count). The summed E-state index contributed by atoms with van der Waals surface area (Å²) in [6.45, 7) is 0. The Morgan fingerprint density at radius 2 is 2.33 bits per heavy atom. The van der Waals surface area contributed by atoms with Crippen LogP contribution in [-0.4, -0.2) is 24.7 Å². The zero-order chi connectivity index (χ0) is 4.99. The van der Waals surface area contributed by atoms with Crippen molar-refractivity contribution in [1.82, 2.24) is 0 Å². The minimum absolute atomic E-state index is 1.64. The molecular formula is AlFO3Si. The third-order valence-electron chi connectivity index (χ3n) is 0.141. The summed E-state index contributed by atoms with van der Waals surface area (Å²) in [5.41, 5.74) is 0. The maximum atomic E-state index is 10.8. The quantitative estimate of drug-likeness (QED) is 0.361. The van der Waals surface area contributed by atoms with Crippen molar-refractivity contribution in [3.63, 3.8) is 0 Å². The van der Waals surface area contributed by atoms with Crippen LogP contribution in [0.4, 0.5) is 4.11 Å². The summed E-state index contributed by atoms with van der Waals surface area (Å²) in [4.78, 5) is 0. The molecule has 6 heavy (non-hydrogen) atoms. The van der Waals surface area contributed by atoms with Gasteiger partial charge in [-0.15, -0.1) is 0 Å². The second-order valence-corrected chi connectivity index (χ2v) is 2.06. The van der Waals surface area contributed by atoms with Crippen LogP contribution in [0.3, 0.4) is 0 Å². The molecule has 0 aliphatic carbocycles. The molecule has 0 N–H and O–H groups in total. The van der Waals surface area contributed by atoms with Crippen LogP contribution in [0.15, 0.2) is 0 Å². The van der Waals surface area contributed by atoms with E-state index in [-0.39, 0.29) is 0 Å². The summed E-state index contributed by atoms with van der Waals surface area (Å²) in [7, 11) is -3.41. The van der Waals surface area contributed by atoms with Gasteiger partial charge >= 0.3 is 40.6 Å². The zero-order valence-electron chi connectivity index (χ0n) is 2.68. The third-order valence-corrected chi connectivity index (χ3v) is 1.27. The summed E-state index contributed by atoms with van der Waals surface area (Å²) < 4.78 is 32.6. The van der Waals surface area contributed by atoms with E-state index in [9.17, 15) is 7.91 Å². The average Bonchev–Trinajstić information content (AvgIpc) is 1.35. The molecule has 0 saturated heterocycles. The van der Waals surface area contributed by atoms with Gasteiger partial charge in [0.2, 0.25) is 0 Å². The first-order chi connectivity index (χ1) is 2.77. The van der Waals surface area contributed by atoms with E-state index in [1.165, 1.54) is 0 Å². The first kappa shape index (κ1) is 6.08. The molecule has 0 bridgehead atoms. The van der Waals surface area contributed by atoms with Crippen molar-refractivity contribution in [2.45, 2.75) is 0 Å². The summed E-state index contributed by atoms with van der Waals surface area (Å²) in [6, 6.07) is 0. The van der Waals surface area contributed by atoms with Gasteiger partial charge in [0.25, 0.3) is 0 Å². The number of hydrogen-bond acceptors (Lipinski definition) is 3. The van der Waals surface area contributed by atoms with Crippen molar-refractivity contribution in [1.29, 1.82) is 0 Å². The Kier molecular flexibility index (Phi) is 3.32. The number of halogens is 1. The molecule has 0 aromatic heterocycles. The topological polar surface area (TPSA) is 43.4 Å². The molecule has 6 heteroatoms. The van der Waals surface area contributed by atoms with E-state index >= 15 is 0 Å². The van der Waals surface area contributed by atoms with Crippen molar-refractivity contribution in [3.8, 4) is 0 Å². The van der Waals surface area contributed by atoms with Gasteiger partial charge in [-0.1, -0.05) is 0 Å². The molecule has 0 spiro atoms. The molecule has 0 atom stereocenters. The minimum atomic E-state index is -3.41. The van der Waals surface area contributed by atoms with Crippen molar-refractivity contribution >= 4 is 24.7 Å². The van der Waals surface area contributed by atoms with Crippen molar-refractivity contribution in [2.75, 3.05) is 0 Å². The Morgan fingerprint density at radius 3 is 2.33 bits per heavy atom. The van der Waals surface area contributed by atoms with Crippen LogP contribution in [-0.2, 0) is 11.7 Å². The van der Waals surface area contributed by atoms with Crippen LogP contribution in [0.5, 0.6) is 0 Å². The van der Waals surface area contributed by atoms with Gasteiger partial charge in [0.05, 0.1) is 0 Å². The van der Waals surface area contributed by atoms with Gasteiger partial charge in [0, 0.05) is 0 Å². The van der Waals surface area contributed by atoms with Gasteiger partial charge in [0.15, 0.2) is 0 Å². The van der Waals surface area contributed by atoms with Gasteiger partial charge in [0.1, 0.15) is 0 Å². The van der Waals surface area contributed by atoms with E-state index in [1.54, 1.807) is 0 Å². The van der Waals surface area contributed by atoms with Crippen molar-refractivity contribution < 1.29 is 15.9 Å². The van der Waals surface area contributed by atoms with Crippen LogP contribution < -0.4 is 0 Å². The Morgan fingerprint density at radius 1 is 1.83 bits per heavy atom. The van der Waals surface area contributed by atoms with E-state index in [1.807, 2.05) is 0 Å². The molecule has 0 aromatic carbocycles. The van der Waals surface area contributed by atoms with E-state index in [0.29, 0.717) is 0 Å².